The van der Waals surface area contributed by atoms with Crippen molar-refractivity contribution in [2.45, 2.75) is 64.0 Å². The Morgan fingerprint density at radius 3 is 2.39 bits per heavy atom. The van der Waals surface area contributed by atoms with Crippen LogP contribution in [0.3, 0.4) is 0 Å². The maximum Gasteiger partial charge on any atom is 0.337 e. The lowest BCUT2D eigenvalue weighted by Crippen LogP contribution is -2.37. The summed E-state index contributed by atoms with van der Waals surface area (Å²) in [6.45, 7) is 3.73. The maximum atomic E-state index is 12.5. The van der Waals surface area contributed by atoms with Gasteiger partial charge in [-0.1, -0.05) is 25.3 Å². The zero-order valence-electron chi connectivity index (χ0n) is 28.0. The minimum absolute atomic E-state index is 0.149. The molecule has 10 nitrogen and oxygen atoms in total. The van der Waals surface area contributed by atoms with Crippen molar-refractivity contribution in [2.75, 3.05) is 49.8 Å². The zero-order valence-corrected chi connectivity index (χ0v) is 28.0. The number of nitrogens with zero attached hydrogens (tertiary/aromatic N) is 3. The Hall–Kier alpha value is -4.83. The lowest BCUT2D eigenvalue weighted by Gasteiger charge is -2.31. The van der Waals surface area contributed by atoms with Crippen molar-refractivity contribution < 1.29 is 33.7 Å². The van der Waals surface area contributed by atoms with Gasteiger partial charge in [-0.25, -0.2) is 4.79 Å². The van der Waals surface area contributed by atoms with Gasteiger partial charge in [-0.05, 0) is 90.9 Å². The molecule has 1 saturated carbocycles. The second kappa shape index (κ2) is 14.3. The summed E-state index contributed by atoms with van der Waals surface area (Å²) in [5.41, 5.74) is 6.99. The van der Waals surface area contributed by atoms with Crippen molar-refractivity contribution in [1.82, 2.24) is 4.57 Å². The molecular weight excluding hydrogens is 622 g/mol. The van der Waals surface area contributed by atoms with Gasteiger partial charge < -0.3 is 33.7 Å². The van der Waals surface area contributed by atoms with E-state index in [1.165, 1.54) is 13.5 Å². The summed E-state index contributed by atoms with van der Waals surface area (Å²) in [5.74, 6) is -0.287. The van der Waals surface area contributed by atoms with E-state index in [-0.39, 0.29) is 18.4 Å². The topological polar surface area (TPSA) is 111 Å². The van der Waals surface area contributed by atoms with Crippen LogP contribution in [0.4, 0.5) is 11.4 Å². The van der Waals surface area contributed by atoms with Crippen LogP contribution in [0.2, 0.25) is 0 Å². The summed E-state index contributed by atoms with van der Waals surface area (Å²) in [6.07, 6.45) is 6.96. The van der Waals surface area contributed by atoms with Gasteiger partial charge >= 0.3 is 11.9 Å². The number of carbonyl (C=O) groups is 3. The molecule has 2 aliphatic heterocycles. The summed E-state index contributed by atoms with van der Waals surface area (Å²) in [6, 6.07) is 19.5. The van der Waals surface area contributed by atoms with Gasteiger partial charge in [-0.3, -0.25) is 9.59 Å². The van der Waals surface area contributed by atoms with Crippen molar-refractivity contribution in [3.63, 3.8) is 0 Å². The number of ether oxygens (including phenoxy) is 3. The molecule has 1 aliphatic carbocycles. The van der Waals surface area contributed by atoms with Gasteiger partial charge in [0, 0.05) is 48.4 Å². The number of carbonyl (C=O) groups excluding carboxylic acids is 2. The summed E-state index contributed by atoms with van der Waals surface area (Å²) in [4.78, 5) is 41.4. The third kappa shape index (κ3) is 6.74. The zero-order chi connectivity index (χ0) is 33.9. The molecule has 4 aromatic rings. The molecule has 3 aromatic carbocycles. The van der Waals surface area contributed by atoms with Gasteiger partial charge in [-0.15, -0.1) is 0 Å². The largest absolute Gasteiger partial charge is 0.489 e. The molecule has 1 aromatic heterocycles. The Balaban J connectivity index is 1.23. The normalized spacial score (nSPS) is 17.1. The van der Waals surface area contributed by atoms with E-state index in [0.717, 1.165) is 90.9 Å². The van der Waals surface area contributed by atoms with Gasteiger partial charge in [-0.2, -0.15) is 0 Å². The molecule has 1 N–H and O–H groups in total. The van der Waals surface area contributed by atoms with Crippen LogP contribution < -0.4 is 14.5 Å². The van der Waals surface area contributed by atoms with Crippen LogP contribution >= 0.6 is 0 Å². The minimum Gasteiger partial charge on any atom is -0.489 e. The fraction of sp³-hybridized carbons (Fsp3) is 0.410. The molecule has 3 fully saturated rings. The number of methoxy groups -OCH3 is 1. The summed E-state index contributed by atoms with van der Waals surface area (Å²) >= 11 is 0. The fourth-order valence-electron chi connectivity index (χ4n) is 7.80. The number of benzene rings is 3. The molecule has 49 heavy (non-hydrogen) atoms. The van der Waals surface area contributed by atoms with Gasteiger partial charge in [0.1, 0.15) is 18.9 Å². The van der Waals surface area contributed by atoms with Crippen LogP contribution in [0.1, 0.15) is 72.3 Å². The number of amides is 1. The van der Waals surface area contributed by atoms with E-state index in [0.29, 0.717) is 43.1 Å². The standard InChI is InChI=1S/C39H43N3O7/c1-47-39(46)28-11-15-32-34(23-28)42(24-36(44)45)38(37(32)26-6-3-2-4-7-26)27-9-13-31(14-10-27)49-25-29-22-30(41-17-5-8-35(41)43)12-16-33(29)40-18-20-48-21-19-40/h9-16,22-23,26H,2-8,17-21,24-25H2,1H3,(H,44,45). The molecule has 0 bridgehead atoms. The molecule has 0 atom stereocenters. The van der Waals surface area contributed by atoms with Gasteiger partial charge in [0.2, 0.25) is 5.91 Å². The van der Waals surface area contributed by atoms with Crippen LogP contribution in [-0.2, 0) is 32.2 Å². The first-order chi connectivity index (χ1) is 23.9. The summed E-state index contributed by atoms with van der Waals surface area (Å²) < 4.78 is 18.8. The van der Waals surface area contributed by atoms with Gasteiger partial charge in [0.25, 0.3) is 0 Å². The number of hydrogen-bond donors (Lipinski definition) is 1. The van der Waals surface area contributed by atoms with Crippen molar-refractivity contribution in [1.29, 1.82) is 0 Å². The van der Waals surface area contributed by atoms with Crippen molar-refractivity contribution >= 4 is 40.1 Å². The molecule has 3 heterocycles. The maximum absolute atomic E-state index is 12.5. The van der Waals surface area contributed by atoms with Crippen molar-refractivity contribution in [2.24, 2.45) is 0 Å². The SMILES string of the molecule is COC(=O)c1ccc2c(C3CCCCC3)c(-c3ccc(OCc4cc(N5CCCC5=O)ccc4N4CCOCC4)cc3)n(CC(=O)O)c2c1. The number of morpholine rings is 1. The van der Waals surface area contributed by atoms with E-state index < -0.39 is 11.9 Å². The van der Waals surface area contributed by atoms with E-state index in [9.17, 15) is 19.5 Å². The number of rotatable bonds is 10. The Morgan fingerprint density at radius 2 is 1.69 bits per heavy atom. The van der Waals surface area contributed by atoms with Gasteiger partial charge in [0.15, 0.2) is 0 Å². The molecule has 0 radical (unpaired) electrons. The van der Waals surface area contributed by atoms with E-state index in [1.807, 2.05) is 45.9 Å². The molecule has 0 spiro atoms. The molecule has 1 amide bonds. The van der Waals surface area contributed by atoms with Crippen LogP contribution in [0.5, 0.6) is 5.75 Å². The average Bonchev–Trinajstić information content (AvgIpc) is 3.71. The number of carboxylic acids is 1. The Morgan fingerprint density at radius 1 is 0.918 bits per heavy atom. The summed E-state index contributed by atoms with van der Waals surface area (Å²) in [5, 5.41) is 11.0. The summed E-state index contributed by atoms with van der Waals surface area (Å²) in [7, 11) is 1.35. The number of fused-ring (bicyclic) bond motifs is 1. The van der Waals surface area contributed by atoms with Crippen LogP contribution in [0, 0.1) is 0 Å². The first kappa shape index (κ1) is 32.7. The Bertz CT molecular complexity index is 1850. The second-order valence-electron chi connectivity index (χ2n) is 13.2. The van der Waals surface area contributed by atoms with Gasteiger partial charge in [0.05, 0.1) is 37.1 Å². The third-order valence-electron chi connectivity index (χ3n) is 10.2. The van der Waals surface area contributed by atoms with Crippen LogP contribution in [0.25, 0.3) is 22.2 Å². The molecular formula is C39H43N3O7. The highest BCUT2D eigenvalue weighted by Gasteiger charge is 2.28. The average molecular weight is 666 g/mol. The highest BCUT2D eigenvalue weighted by molar-refractivity contribution is 5.99. The van der Waals surface area contributed by atoms with E-state index >= 15 is 0 Å². The van der Waals surface area contributed by atoms with E-state index in [2.05, 4.69) is 17.0 Å². The van der Waals surface area contributed by atoms with E-state index in [1.54, 1.807) is 12.1 Å². The monoisotopic (exact) mass is 665 g/mol. The van der Waals surface area contributed by atoms with Crippen molar-refractivity contribution in [3.05, 3.63) is 77.4 Å². The number of esters is 1. The lowest BCUT2D eigenvalue weighted by atomic mass is 9.82. The number of aromatic nitrogens is 1. The first-order valence-corrected chi connectivity index (χ1v) is 17.4. The number of anilines is 2. The fourth-order valence-corrected chi connectivity index (χ4v) is 7.80. The molecule has 7 rings (SSSR count). The molecule has 0 unspecified atom stereocenters. The highest BCUT2D eigenvalue weighted by atomic mass is 16.5. The quantitative estimate of drug-likeness (QED) is 0.185. The minimum atomic E-state index is -0.953. The molecule has 10 heteroatoms. The number of aliphatic carboxylic acids is 1. The third-order valence-corrected chi connectivity index (χ3v) is 10.2. The van der Waals surface area contributed by atoms with E-state index in [4.69, 9.17) is 14.2 Å². The first-order valence-electron chi connectivity index (χ1n) is 17.4. The smallest absolute Gasteiger partial charge is 0.337 e. The number of hydrogen-bond acceptors (Lipinski definition) is 7. The van der Waals surface area contributed by atoms with Crippen LogP contribution in [-0.4, -0.2) is 67.5 Å². The molecule has 3 aliphatic rings. The Kier molecular flexibility index (Phi) is 9.57. The Labute approximate surface area is 286 Å². The van der Waals surface area contributed by atoms with Crippen molar-refractivity contribution in [3.8, 4) is 17.0 Å². The highest BCUT2D eigenvalue weighted by Crippen LogP contribution is 2.44. The van der Waals surface area contributed by atoms with Crippen LogP contribution in [0.15, 0.2) is 60.7 Å². The molecule has 2 saturated heterocycles. The predicted molar refractivity (Wildman–Crippen MR) is 188 cm³/mol. The predicted octanol–water partition coefficient (Wildman–Crippen LogP) is 6.77. The second-order valence-corrected chi connectivity index (χ2v) is 13.2. The number of carboxylic acid groups (broad SMARTS) is 1. The molecule has 256 valence electrons. The lowest BCUT2D eigenvalue weighted by molar-refractivity contribution is -0.137.